The normalized spacial score (nSPS) is 10.1. The first kappa shape index (κ1) is 8.20. The SMILES string of the molecule is Cc1c(S)cc(C(=O)O)n1C. The second-order valence-electron chi connectivity index (χ2n) is 2.36. The molecule has 0 aliphatic rings. The van der Waals surface area contributed by atoms with Gasteiger partial charge in [-0.3, -0.25) is 0 Å². The monoisotopic (exact) mass is 171 g/mol. The Morgan fingerprint density at radius 1 is 1.73 bits per heavy atom. The lowest BCUT2D eigenvalue weighted by molar-refractivity contribution is 0.0686. The zero-order valence-corrected chi connectivity index (χ0v) is 7.22. The van der Waals surface area contributed by atoms with Gasteiger partial charge in [-0.25, -0.2) is 4.79 Å². The van der Waals surface area contributed by atoms with Crippen LogP contribution in [0.1, 0.15) is 16.2 Å². The average molecular weight is 171 g/mol. The highest BCUT2D eigenvalue weighted by atomic mass is 32.1. The van der Waals surface area contributed by atoms with Gasteiger partial charge in [-0.1, -0.05) is 0 Å². The lowest BCUT2D eigenvalue weighted by Gasteiger charge is -1.98. The molecule has 1 N–H and O–H groups in total. The van der Waals surface area contributed by atoms with Gasteiger partial charge in [0, 0.05) is 17.6 Å². The minimum Gasteiger partial charge on any atom is -0.477 e. The molecule has 0 atom stereocenters. The summed E-state index contributed by atoms with van der Waals surface area (Å²) in [5.74, 6) is -0.920. The predicted molar refractivity (Wildman–Crippen MR) is 44.4 cm³/mol. The van der Waals surface area contributed by atoms with E-state index in [2.05, 4.69) is 12.6 Å². The third-order valence-electron chi connectivity index (χ3n) is 1.73. The molecule has 1 rings (SSSR count). The van der Waals surface area contributed by atoms with Gasteiger partial charge in [0.05, 0.1) is 0 Å². The quantitative estimate of drug-likeness (QED) is 0.626. The van der Waals surface area contributed by atoms with E-state index in [9.17, 15) is 4.79 Å². The highest BCUT2D eigenvalue weighted by Gasteiger charge is 2.11. The Bertz CT molecular complexity index is 304. The van der Waals surface area contributed by atoms with E-state index in [-0.39, 0.29) is 5.69 Å². The van der Waals surface area contributed by atoms with E-state index in [1.165, 1.54) is 0 Å². The van der Waals surface area contributed by atoms with Gasteiger partial charge in [0.15, 0.2) is 0 Å². The number of aromatic nitrogens is 1. The summed E-state index contributed by atoms with van der Waals surface area (Å²) in [5, 5.41) is 8.65. The van der Waals surface area contributed by atoms with E-state index >= 15 is 0 Å². The molecule has 1 aromatic rings. The number of hydrogen-bond acceptors (Lipinski definition) is 2. The molecule has 11 heavy (non-hydrogen) atoms. The van der Waals surface area contributed by atoms with Gasteiger partial charge in [0.1, 0.15) is 5.69 Å². The van der Waals surface area contributed by atoms with Gasteiger partial charge in [0.25, 0.3) is 0 Å². The van der Waals surface area contributed by atoms with Crippen LogP contribution in [0, 0.1) is 6.92 Å². The maximum Gasteiger partial charge on any atom is 0.352 e. The second-order valence-corrected chi connectivity index (χ2v) is 2.85. The van der Waals surface area contributed by atoms with Crippen molar-refractivity contribution in [3.8, 4) is 0 Å². The first-order valence-electron chi connectivity index (χ1n) is 3.12. The predicted octanol–water partition coefficient (Wildman–Crippen LogP) is 1.32. The third-order valence-corrected chi connectivity index (χ3v) is 2.18. The first-order valence-corrected chi connectivity index (χ1v) is 3.57. The van der Waals surface area contributed by atoms with Crippen LogP contribution >= 0.6 is 12.6 Å². The Morgan fingerprint density at radius 3 is 2.45 bits per heavy atom. The largest absolute Gasteiger partial charge is 0.477 e. The van der Waals surface area contributed by atoms with E-state index < -0.39 is 5.97 Å². The maximum atomic E-state index is 10.5. The number of thiol groups is 1. The number of carboxylic acids is 1. The van der Waals surface area contributed by atoms with E-state index in [0.717, 1.165) is 5.69 Å². The van der Waals surface area contributed by atoms with E-state index in [4.69, 9.17) is 5.11 Å². The smallest absolute Gasteiger partial charge is 0.352 e. The molecule has 0 fully saturated rings. The molecule has 0 bridgehead atoms. The number of rotatable bonds is 1. The van der Waals surface area contributed by atoms with Crippen LogP contribution in [0.2, 0.25) is 0 Å². The molecule has 0 aliphatic carbocycles. The van der Waals surface area contributed by atoms with Crippen LogP contribution in [0.4, 0.5) is 0 Å². The van der Waals surface area contributed by atoms with Crippen LogP contribution in [0.5, 0.6) is 0 Å². The maximum absolute atomic E-state index is 10.5. The zero-order valence-electron chi connectivity index (χ0n) is 6.33. The highest BCUT2D eigenvalue weighted by molar-refractivity contribution is 7.80. The van der Waals surface area contributed by atoms with Crippen molar-refractivity contribution >= 4 is 18.6 Å². The molecule has 0 saturated heterocycles. The summed E-state index contributed by atoms with van der Waals surface area (Å²) >= 11 is 4.10. The topological polar surface area (TPSA) is 42.2 Å². The van der Waals surface area contributed by atoms with Crippen LogP contribution in [-0.4, -0.2) is 15.6 Å². The van der Waals surface area contributed by atoms with Crippen LogP contribution in [-0.2, 0) is 7.05 Å². The molecule has 3 nitrogen and oxygen atoms in total. The zero-order chi connectivity index (χ0) is 8.59. The Labute approximate surface area is 70.1 Å². The van der Waals surface area contributed by atoms with Gasteiger partial charge in [0.2, 0.25) is 0 Å². The molecule has 1 aromatic heterocycles. The summed E-state index contributed by atoms with van der Waals surface area (Å²) in [6.45, 7) is 1.83. The van der Waals surface area contributed by atoms with Crippen LogP contribution in [0.25, 0.3) is 0 Å². The lowest BCUT2D eigenvalue weighted by atomic mass is 10.4. The molecular formula is C7H9NO2S. The molecule has 0 saturated carbocycles. The van der Waals surface area contributed by atoms with E-state index in [1.54, 1.807) is 17.7 Å². The first-order chi connectivity index (χ1) is 5.04. The summed E-state index contributed by atoms with van der Waals surface area (Å²) in [7, 11) is 1.71. The molecule has 60 valence electrons. The van der Waals surface area contributed by atoms with Crippen molar-refractivity contribution < 1.29 is 9.90 Å². The molecule has 0 aromatic carbocycles. The Morgan fingerprint density at radius 2 is 2.27 bits per heavy atom. The molecule has 0 amide bonds. The van der Waals surface area contributed by atoms with Crippen LogP contribution < -0.4 is 0 Å². The highest BCUT2D eigenvalue weighted by Crippen LogP contribution is 2.16. The second kappa shape index (κ2) is 2.62. The molecule has 1 heterocycles. The van der Waals surface area contributed by atoms with Crippen molar-refractivity contribution in [1.29, 1.82) is 0 Å². The van der Waals surface area contributed by atoms with Crippen LogP contribution in [0.3, 0.4) is 0 Å². The summed E-state index contributed by atoms with van der Waals surface area (Å²) < 4.78 is 1.60. The number of hydrogen-bond donors (Lipinski definition) is 2. The van der Waals surface area contributed by atoms with Crippen molar-refractivity contribution in [1.82, 2.24) is 4.57 Å². The summed E-state index contributed by atoms with van der Waals surface area (Å²) in [6, 6.07) is 1.54. The van der Waals surface area contributed by atoms with Gasteiger partial charge in [-0.2, -0.15) is 0 Å². The number of nitrogens with zero attached hydrogens (tertiary/aromatic N) is 1. The van der Waals surface area contributed by atoms with Crippen molar-refractivity contribution in [3.63, 3.8) is 0 Å². The third kappa shape index (κ3) is 1.26. The van der Waals surface area contributed by atoms with Crippen LogP contribution in [0.15, 0.2) is 11.0 Å². The minimum absolute atomic E-state index is 0.271. The van der Waals surface area contributed by atoms with Crippen molar-refractivity contribution in [3.05, 3.63) is 17.5 Å². The number of carboxylic acid groups (broad SMARTS) is 1. The van der Waals surface area contributed by atoms with Gasteiger partial charge in [-0.15, -0.1) is 12.6 Å². The summed E-state index contributed by atoms with van der Waals surface area (Å²) in [5.41, 5.74) is 1.14. The van der Waals surface area contributed by atoms with Gasteiger partial charge in [-0.05, 0) is 13.0 Å². The molecule has 4 heteroatoms. The van der Waals surface area contributed by atoms with Crippen molar-refractivity contribution in [2.45, 2.75) is 11.8 Å². The lowest BCUT2D eigenvalue weighted by Crippen LogP contribution is -2.04. The molecular weight excluding hydrogens is 162 g/mol. The van der Waals surface area contributed by atoms with E-state index in [1.807, 2.05) is 6.92 Å². The minimum atomic E-state index is -0.920. The Kier molecular flexibility index (Phi) is 1.95. The van der Waals surface area contributed by atoms with E-state index in [0.29, 0.717) is 4.90 Å². The summed E-state index contributed by atoms with van der Waals surface area (Å²) in [6.07, 6.45) is 0. The molecule has 0 radical (unpaired) electrons. The fourth-order valence-electron chi connectivity index (χ4n) is 0.888. The number of aromatic carboxylic acids is 1. The standard InChI is InChI=1S/C7H9NO2S/c1-4-6(11)3-5(7(9)10)8(4)2/h3,11H,1-2H3,(H,9,10). The fraction of sp³-hybridized carbons (Fsp3) is 0.286. The molecule has 0 spiro atoms. The van der Waals surface area contributed by atoms with Gasteiger partial charge < -0.3 is 9.67 Å². The molecule has 0 unspecified atom stereocenters. The molecule has 0 aliphatic heterocycles. The van der Waals surface area contributed by atoms with Gasteiger partial charge >= 0.3 is 5.97 Å². The Hall–Kier alpha value is -0.900. The van der Waals surface area contributed by atoms with Crippen molar-refractivity contribution in [2.24, 2.45) is 7.05 Å². The number of carbonyl (C=O) groups is 1. The van der Waals surface area contributed by atoms with Crippen molar-refractivity contribution in [2.75, 3.05) is 0 Å². The average Bonchev–Trinajstić information content (AvgIpc) is 2.17. The Balaban J connectivity index is 3.29. The summed E-state index contributed by atoms with van der Waals surface area (Å²) in [4.78, 5) is 11.2. The fourth-order valence-corrected chi connectivity index (χ4v) is 1.16.